The van der Waals surface area contributed by atoms with Gasteiger partial charge in [-0.05, 0) is 41.7 Å². The molecular formula is C26H27N7O2S. The lowest BCUT2D eigenvalue weighted by Crippen LogP contribution is -2.28. The number of fused-ring (bicyclic) bond motifs is 5. The number of benzene rings is 1. The van der Waals surface area contributed by atoms with Gasteiger partial charge in [0.1, 0.15) is 23.6 Å². The van der Waals surface area contributed by atoms with Gasteiger partial charge in [-0.1, -0.05) is 51.5 Å². The van der Waals surface area contributed by atoms with Crippen LogP contribution in [0.25, 0.3) is 27.3 Å². The first-order chi connectivity index (χ1) is 17.3. The molecule has 0 spiro atoms. The van der Waals surface area contributed by atoms with Gasteiger partial charge in [0.25, 0.3) is 0 Å². The molecule has 0 bridgehead atoms. The number of nitro groups is 1. The average molecular weight is 502 g/mol. The number of aromatic nitrogens is 6. The molecule has 184 valence electrons. The Labute approximate surface area is 212 Å². The first kappa shape index (κ1) is 22.8. The summed E-state index contributed by atoms with van der Waals surface area (Å²) in [5, 5.41) is 20.8. The molecule has 6 rings (SSSR count). The Morgan fingerprint density at radius 2 is 2.06 bits per heavy atom. The van der Waals surface area contributed by atoms with Crippen LogP contribution in [-0.4, -0.2) is 34.3 Å². The predicted molar refractivity (Wildman–Crippen MR) is 139 cm³/mol. The minimum Gasteiger partial charge on any atom is -0.261 e. The Kier molecular flexibility index (Phi) is 5.36. The lowest BCUT2D eigenvalue weighted by molar-refractivity contribution is -0.385. The maximum Gasteiger partial charge on any atom is 0.307 e. The van der Waals surface area contributed by atoms with E-state index in [1.165, 1.54) is 35.7 Å². The van der Waals surface area contributed by atoms with E-state index in [-0.39, 0.29) is 5.69 Å². The van der Waals surface area contributed by atoms with Gasteiger partial charge in [-0.15, -0.1) is 16.4 Å². The molecule has 36 heavy (non-hydrogen) atoms. The van der Waals surface area contributed by atoms with Crippen LogP contribution in [0.15, 0.2) is 43.0 Å². The number of hydrogen-bond acceptors (Lipinski definition) is 7. The molecule has 0 saturated heterocycles. The number of aryl methyl sites for hydroxylation is 1. The normalized spacial score (nSPS) is 16.0. The van der Waals surface area contributed by atoms with Gasteiger partial charge in [0.2, 0.25) is 0 Å². The summed E-state index contributed by atoms with van der Waals surface area (Å²) in [6.45, 7) is 7.52. The van der Waals surface area contributed by atoms with E-state index in [0.29, 0.717) is 23.7 Å². The fraction of sp³-hybridized carbons (Fsp3) is 0.385. The smallest absolute Gasteiger partial charge is 0.261 e. The molecule has 1 aliphatic rings. The van der Waals surface area contributed by atoms with Crippen LogP contribution in [0.1, 0.15) is 49.6 Å². The molecule has 0 aliphatic heterocycles. The summed E-state index contributed by atoms with van der Waals surface area (Å²) >= 11 is 1.81. The quantitative estimate of drug-likeness (QED) is 0.218. The lowest BCUT2D eigenvalue weighted by Gasteiger charge is -2.36. The molecule has 9 nitrogen and oxygen atoms in total. The van der Waals surface area contributed by atoms with Crippen molar-refractivity contribution in [2.45, 2.75) is 53.0 Å². The van der Waals surface area contributed by atoms with E-state index in [1.807, 2.05) is 35.6 Å². The maximum absolute atomic E-state index is 10.9. The fourth-order valence-electron chi connectivity index (χ4n) is 5.13. The molecule has 0 unspecified atom stereocenters. The monoisotopic (exact) mass is 501 g/mol. The van der Waals surface area contributed by atoms with E-state index >= 15 is 0 Å². The van der Waals surface area contributed by atoms with Crippen molar-refractivity contribution in [3.05, 3.63) is 69.1 Å². The summed E-state index contributed by atoms with van der Waals surface area (Å²) in [7, 11) is 0. The van der Waals surface area contributed by atoms with E-state index in [2.05, 4.69) is 25.9 Å². The standard InChI is InChI=1S/C26H27N7O2S/c1-4-26(2,3)18-9-10-20-21(11-18)36-25-22(20)24-29-23(30-32(24)15-27-25)17-7-5-16(6-8-17)13-31-14-19(12-28-31)33(34)35/h5-8,12,14-15,18H,4,9-11,13H2,1-3H3/t18-/m1/s1. The van der Waals surface area contributed by atoms with Gasteiger partial charge >= 0.3 is 5.69 Å². The van der Waals surface area contributed by atoms with Crippen molar-refractivity contribution in [1.82, 2.24) is 29.4 Å². The number of thiophene rings is 1. The molecule has 0 amide bonds. The molecule has 0 radical (unpaired) electrons. The van der Waals surface area contributed by atoms with Crippen molar-refractivity contribution in [3.8, 4) is 11.4 Å². The zero-order valence-corrected chi connectivity index (χ0v) is 21.3. The number of hydrogen-bond donors (Lipinski definition) is 0. The van der Waals surface area contributed by atoms with Crippen molar-refractivity contribution < 1.29 is 4.92 Å². The van der Waals surface area contributed by atoms with Crippen molar-refractivity contribution >= 4 is 32.9 Å². The van der Waals surface area contributed by atoms with Crippen LogP contribution in [0, 0.1) is 21.4 Å². The van der Waals surface area contributed by atoms with Crippen LogP contribution in [0.4, 0.5) is 5.69 Å². The molecule has 10 heteroatoms. The Hall–Kier alpha value is -3.66. The Morgan fingerprint density at radius 3 is 2.78 bits per heavy atom. The lowest BCUT2D eigenvalue weighted by atomic mass is 9.70. The molecule has 1 aliphatic carbocycles. The van der Waals surface area contributed by atoms with Crippen LogP contribution >= 0.6 is 11.3 Å². The molecule has 0 fully saturated rings. The topological polar surface area (TPSA) is 104 Å². The van der Waals surface area contributed by atoms with Gasteiger partial charge in [-0.2, -0.15) is 5.10 Å². The minimum atomic E-state index is -0.442. The summed E-state index contributed by atoms with van der Waals surface area (Å²) in [5.41, 5.74) is 4.50. The van der Waals surface area contributed by atoms with Crippen LogP contribution < -0.4 is 0 Å². The summed E-state index contributed by atoms with van der Waals surface area (Å²) in [6, 6.07) is 7.91. The fourth-order valence-corrected chi connectivity index (χ4v) is 6.39. The maximum atomic E-state index is 10.9. The van der Waals surface area contributed by atoms with Crippen molar-refractivity contribution in [2.24, 2.45) is 11.3 Å². The van der Waals surface area contributed by atoms with Crippen LogP contribution in [-0.2, 0) is 19.4 Å². The van der Waals surface area contributed by atoms with E-state index in [0.717, 1.165) is 39.8 Å². The summed E-state index contributed by atoms with van der Waals surface area (Å²) < 4.78 is 3.36. The zero-order valence-electron chi connectivity index (χ0n) is 20.5. The molecule has 1 atom stereocenters. The average Bonchev–Trinajstić information content (AvgIpc) is 3.60. The molecular weight excluding hydrogens is 474 g/mol. The highest BCUT2D eigenvalue weighted by Crippen LogP contribution is 2.45. The highest BCUT2D eigenvalue weighted by molar-refractivity contribution is 7.19. The van der Waals surface area contributed by atoms with Crippen LogP contribution in [0.3, 0.4) is 0 Å². The SMILES string of the molecule is CCC(C)(C)[C@@H]1CCc2c(sc3ncn4nc(-c5ccc(Cn6cc([N+](=O)[O-])cn6)cc5)nc4c23)C1. The second-order valence-corrected chi connectivity index (χ2v) is 11.3. The number of rotatable bonds is 6. The van der Waals surface area contributed by atoms with Crippen molar-refractivity contribution in [1.29, 1.82) is 0 Å². The van der Waals surface area contributed by atoms with E-state index in [9.17, 15) is 10.1 Å². The Bertz CT molecular complexity index is 1600. The predicted octanol–water partition coefficient (Wildman–Crippen LogP) is 5.70. The van der Waals surface area contributed by atoms with Gasteiger partial charge < -0.3 is 0 Å². The molecule has 1 aromatic carbocycles. The van der Waals surface area contributed by atoms with E-state index in [1.54, 1.807) is 15.5 Å². The summed E-state index contributed by atoms with van der Waals surface area (Å²) in [5.74, 6) is 1.35. The zero-order chi connectivity index (χ0) is 25.0. The second kappa shape index (κ2) is 8.48. The Morgan fingerprint density at radius 1 is 1.25 bits per heavy atom. The molecule has 4 aromatic heterocycles. The van der Waals surface area contributed by atoms with Crippen molar-refractivity contribution in [2.75, 3.05) is 0 Å². The first-order valence-corrected chi connectivity index (χ1v) is 13.1. The van der Waals surface area contributed by atoms with E-state index < -0.39 is 4.92 Å². The third-order valence-corrected chi connectivity index (χ3v) is 8.95. The second-order valence-electron chi connectivity index (χ2n) is 10.3. The Balaban J connectivity index is 1.30. The largest absolute Gasteiger partial charge is 0.307 e. The summed E-state index contributed by atoms with van der Waals surface area (Å²) in [6.07, 6.45) is 9.03. The first-order valence-electron chi connectivity index (χ1n) is 12.2. The molecule has 4 heterocycles. The minimum absolute atomic E-state index is 0.0133. The summed E-state index contributed by atoms with van der Waals surface area (Å²) in [4.78, 5) is 22.6. The van der Waals surface area contributed by atoms with Gasteiger partial charge in [0.15, 0.2) is 11.5 Å². The van der Waals surface area contributed by atoms with Gasteiger partial charge in [-0.25, -0.2) is 14.5 Å². The van der Waals surface area contributed by atoms with Gasteiger partial charge in [0, 0.05) is 10.4 Å². The molecule has 0 N–H and O–H groups in total. The van der Waals surface area contributed by atoms with Crippen LogP contribution in [0.5, 0.6) is 0 Å². The highest BCUT2D eigenvalue weighted by atomic mass is 32.1. The molecule has 5 aromatic rings. The van der Waals surface area contributed by atoms with Crippen LogP contribution in [0.2, 0.25) is 0 Å². The molecule has 0 saturated carbocycles. The third kappa shape index (κ3) is 3.85. The van der Waals surface area contributed by atoms with Crippen molar-refractivity contribution in [3.63, 3.8) is 0 Å². The van der Waals surface area contributed by atoms with Gasteiger partial charge in [-0.3, -0.25) is 14.8 Å². The van der Waals surface area contributed by atoms with Gasteiger partial charge in [0.05, 0.1) is 16.9 Å². The number of nitrogens with zero attached hydrogens (tertiary/aromatic N) is 7. The third-order valence-electron chi connectivity index (χ3n) is 7.79. The van der Waals surface area contributed by atoms with E-state index in [4.69, 9.17) is 15.1 Å². The highest BCUT2D eigenvalue weighted by Gasteiger charge is 2.33.